The Labute approximate surface area is 102 Å². The summed E-state index contributed by atoms with van der Waals surface area (Å²) < 4.78 is 0.789. The second-order valence-electron chi connectivity index (χ2n) is 3.27. The van der Waals surface area contributed by atoms with Crippen molar-refractivity contribution in [2.45, 2.75) is 19.4 Å². The van der Waals surface area contributed by atoms with Crippen molar-refractivity contribution in [3.05, 3.63) is 27.7 Å². The van der Waals surface area contributed by atoms with Crippen LogP contribution in [0.3, 0.4) is 0 Å². The van der Waals surface area contributed by atoms with Crippen molar-refractivity contribution in [3.8, 4) is 0 Å². The quantitative estimate of drug-likeness (QED) is 0.894. The molecule has 1 aromatic carbocycles. The summed E-state index contributed by atoms with van der Waals surface area (Å²) in [5.41, 5.74) is 0.847. The van der Waals surface area contributed by atoms with Gasteiger partial charge in [0.05, 0.1) is 11.4 Å². The molecule has 1 atom stereocenters. The molecule has 0 radical (unpaired) electrons. The van der Waals surface area contributed by atoms with Crippen LogP contribution in [-0.4, -0.2) is 17.1 Å². The number of hydrogen-bond acceptors (Lipinski definition) is 2. The molecule has 0 heterocycles. The summed E-state index contributed by atoms with van der Waals surface area (Å²) in [6.07, 6.45) is 0.0836. The first-order valence-electron chi connectivity index (χ1n) is 4.42. The summed E-state index contributed by atoms with van der Waals surface area (Å²) in [5, 5.41) is 12.3. The van der Waals surface area contributed by atoms with Gasteiger partial charge in [0.2, 0.25) is 0 Å². The minimum Gasteiger partial charge on any atom is -0.481 e. The second kappa shape index (κ2) is 5.37. The Kier molecular flexibility index (Phi) is 4.42. The molecule has 0 fully saturated rings. The van der Waals surface area contributed by atoms with E-state index in [4.69, 9.17) is 16.7 Å². The summed E-state index contributed by atoms with van der Waals surface area (Å²) in [6.45, 7) is 1.82. The van der Waals surface area contributed by atoms with E-state index in [1.807, 2.05) is 19.1 Å². The van der Waals surface area contributed by atoms with Gasteiger partial charge < -0.3 is 10.4 Å². The van der Waals surface area contributed by atoms with Gasteiger partial charge in [-0.15, -0.1) is 0 Å². The molecule has 0 amide bonds. The fourth-order valence-electron chi connectivity index (χ4n) is 1.18. The molecular weight excluding hydrogens is 281 g/mol. The molecule has 3 nitrogen and oxygen atoms in total. The number of benzene rings is 1. The summed E-state index contributed by atoms with van der Waals surface area (Å²) in [7, 11) is 0. The fourth-order valence-corrected chi connectivity index (χ4v) is 1.68. The topological polar surface area (TPSA) is 49.3 Å². The average Bonchev–Trinajstić information content (AvgIpc) is 2.10. The Morgan fingerprint density at radius 2 is 2.33 bits per heavy atom. The van der Waals surface area contributed by atoms with E-state index < -0.39 is 5.97 Å². The smallest absolute Gasteiger partial charge is 0.305 e. The molecule has 15 heavy (non-hydrogen) atoms. The number of carboxylic acids is 1. The molecule has 2 N–H and O–H groups in total. The molecule has 0 aliphatic rings. The van der Waals surface area contributed by atoms with Gasteiger partial charge in [-0.25, -0.2) is 0 Å². The number of hydrogen-bond donors (Lipinski definition) is 2. The number of rotatable bonds is 4. The van der Waals surface area contributed by atoms with Crippen LogP contribution in [0.25, 0.3) is 0 Å². The minimum atomic E-state index is -0.817. The van der Waals surface area contributed by atoms with Gasteiger partial charge in [0, 0.05) is 16.2 Å². The van der Waals surface area contributed by atoms with Gasteiger partial charge in [0.25, 0.3) is 0 Å². The molecule has 0 saturated carbocycles. The Morgan fingerprint density at radius 1 is 1.67 bits per heavy atom. The van der Waals surface area contributed by atoms with Crippen molar-refractivity contribution in [2.24, 2.45) is 0 Å². The van der Waals surface area contributed by atoms with Crippen molar-refractivity contribution >= 4 is 39.2 Å². The largest absolute Gasteiger partial charge is 0.481 e. The van der Waals surface area contributed by atoms with Gasteiger partial charge in [-0.3, -0.25) is 4.79 Å². The molecule has 1 rings (SSSR count). The molecule has 5 heteroatoms. The lowest BCUT2D eigenvalue weighted by Gasteiger charge is -2.13. The summed E-state index contributed by atoms with van der Waals surface area (Å²) >= 11 is 9.13. The fraction of sp³-hybridized carbons (Fsp3) is 0.300. The number of halogens is 2. The maximum atomic E-state index is 10.5. The molecule has 1 unspecified atom stereocenters. The van der Waals surface area contributed by atoms with Crippen LogP contribution in [-0.2, 0) is 4.79 Å². The first-order chi connectivity index (χ1) is 6.99. The highest BCUT2D eigenvalue weighted by Gasteiger charge is 2.07. The first kappa shape index (κ1) is 12.3. The summed E-state index contributed by atoms with van der Waals surface area (Å²) in [4.78, 5) is 10.5. The van der Waals surface area contributed by atoms with E-state index in [1.54, 1.807) is 6.07 Å². The van der Waals surface area contributed by atoms with Gasteiger partial charge in [-0.05, 0) is 41.1 Å². The van der Waals surface area contributed by atoms with Gasteiger partial charge in [0.15, 0.2) is 0 Å². The number of aliphatic carboxylic acids is 1. The summed E-state index contributed by atoms with van der Waals surface area (Å²) in [6, 6.07) is 5.27. The number of carboxylic acid groups (broad SMARTS) is 1. The maximum absolute atomic E-state index is 10.5. The van der Waals surface area contributed by atoms with Crippen molar-refractivity contribution in [1.82, 2.24) is 0 Å². The monoisotopic (exact) mass is 291 g/mol. The third-order valence-electron chi connectivity index (χ3n) is 1.81. The molecule has 82 valence electrons. The van der Waals surface area contributed by atoms with E-state index in [2.05, 4.69) is 21.2 Å². The lowest BCUT2D eigenvalue weighted by molar-refractivity contribution is -0.137. The lowest BCUT2D eigenvalue weighted by Crippen LogP contribution is -2.19. The molecule has 1 aromatic rings. The normalized spacial score (nSPS) is 12.2. The zero-order valence-electron chi connectivity index (χ0n) is 8.13. The predicted octanol–water partition coefficient (Wildman–Crippen LogP) is 3.38. The zero-order valence-corrected chi connectivity index (χ0v) is 10.5. The Morgan fingerprint density at radius 3 is 2.87 bits per heavy atom. The SMILES string of the molecule is CC(CC(=O)O)Nc1ccc(Cl)c(Br)c1. The number of anilines is 1. The molecular formula is C10H11BrClNO2. The third kappa shape index (κ3) is 4.10. The van der Waals surface area contributed by atoms with Crippen LogP contribution in [0.5, 0.6) is 0 Å². The van der Waals surface area contributed by atoms with Crippen LogP contribution in [0.15, 0.2) is 22.7 Å². The minimum absolute atomic E-state index is 0.0836. The Balaban J connectivity index is 2.64. The van der Waals surface area contributed by atoms with Crippen LogP contribution in [0.4, 0.5) is 5.69 Å². The molecule has 0 bridgehead atoms. The predicted molar refractivity (Wildman–Crippen MR) is 64.5 cm³/mol. The highest BCUT2D eigenvalue weighted by Crippen LogP contribution is 2.25. The van der Waals surface area contributed by atoms with E-state index >= 15 is 0 Å². The molecule has 0 saturated heterocycles. The van der Waals surface area contributed by atoms with Gasteiger partial charge in [0.1, 0.15) is 0 Å². The first-order valence-corrected chi connectivity index (χ1v) is 5.59. The summed E-state index contributed by atoms with van der Waals surface area (Å²) in [5.74, 6) is -0.817. The average molecular weight is 293 g/mol. The van der Waals surface area contributed by atoms with E-state index in [-0.39, 0.29) is 12.5 Å². The van der Waals surface area contributed by atoms with Crippen molar-refractivity contribution in [2.75, 3.05) is 5.32 Å². The third-order valence-corrected chi connectivity index (χ3v) is 3.03. The lowest BCUT2D eigenvalue weighted by atomic mass is 10.2. The van der Waals surface area contributed by atoms with Crippen LogP contribution in [0.2, 0.25) is 5.02 Å². The van der Waals surface area contributed by atoms with Crippen molar-refractivity contribution in [3.63, 3.8) is 0 Å². The van der Waals surface area contributed by atoms with E-state index in [1.165, 1.54) is 0 Å². The highest BCUT2D eigenvalue weighted by molar-refractivity contribution is 9.10. The second-order valence-corrected chi connectivity index (χ2v) is 4.53. The Bertz CT molecular complexity index is 370. The van der Waals surface area contributed by atoms with E-state index in [0.717, 1.165) is 10.2 Å². The van der Waals surface area contributed by atoms with Crippen molar-refractivity contribution in [1.29, 1.82) is 0 Å². The zero-order chi connectivity index (χ0) is 11.4. The van der Waals surface area contributed by atoms with Crippen LogP contribution < -0.4 is 5.32 Å². The maximum Gasteiger partial charge on any atom is 0.305 e. The standard InChI is InChI=1S/C10H11BrClNO2/c1-6(4-10(14)15)13-7-2-3-9(12)8(11)5-7/h2-3,5-6,13H,4H2,1H3,(H,14,15). The van der Waals surface area contributed by atoms with Crippen LogP contribution in [0.1, 0.15) is 13.3 Å². The Hall–Kier alpha value is -0.740. The number of carbonyl (C=O) groups is 1. The van der Waals surface area contributed by atoms with Gasteiger partial charge in [-0.1, -0.05) is 11.6 Å². The van der Waals surface area contributed by atoms with Crippen LogP contribution >= 0.6 is 27.5 Å². The van der Waals surface area contributed by atoms with E-state index in [0.29, 0.717) is 5.02 Å². The molecule has 0 aromatic heterocycles. The van der Waals surface area contributed by atoms with Gasteiger partial charge >= 0.3 is 5.97 Å². The van der Waals surface area contributed by atoms with Crippen LogP contribution in [0, 0.1) is 0 Å². The van der Waals surface area contributed by atoms with Crippen molar-refractivity contribution < 1.29 is 9.90 Å². The molecule has 0 aliphatic heterocycles. The van der Waals surface area contributed by atoms with Gasteiger partial charge in [-0.2, -0.15) is 0 Å². The highest BCUT2D eigenvalue weighted by atomic mass is 79.9. The molecule has 0 aliphatic carbocycles. The molecule has 0 spiro atoms. The number of nitrogens with one attached hydrogen (secondary N) is 1. The van der Waals surface area contributed by atoms with E-state index in [9.17, 15) is 4.79 Å².